The number of carbonyl (C=O) groups is 1. The Labute approximate surface area is 120 Å². The number of hydrogen-bond acceptors (Lipinski definition) is 2. The first-order valence-corrected chi connectivity index (χ1v) is 5.94. The number of hydrogen-bond donors (Lipinski definition) is 1. The van der Waals surface area contributed by atoms with Crippen molar-refractivity contribution >= 4 is 29.8 Å². The summed E-state index contributed by atoms with van der Waals surface area (Å²) in [6, 6.07) is 0. The van der Waals surface area contributed by atoms with E-state index in [0.717, 1.165) is 12.8 Å². The van der Waals surface area contributed by atoms with Crippen molar-refractivity contribution in [1.29, 1.82) is 0 Å². The largest absolute Gasteiger partial charge is 0.351 e. The Bertz CT molecular complexity index is 358. The molecule has 0 amide bonds. The molecule has 2 fully saturated rings. The molecule has 2 saturated carbocycles. The molecule has 0 aliphatic heterocycles. The van der Waals surface area contributed by atoms with Crippen molar-refractivity contribution in [3.63, 3.8) is 0 Å². The van der Waals surface area contributed by atoms with Gasteiger partial charge in [-0.2, -0.15) is 0 Å². The SMILES string of the molecule is CC12CCC(CC1=O)C2(C)C.I.c1c[nH]cn1. The third-order valence-corrected chi connectivity index (χ3v) is 4.89. The van der Waals surface area contributed by atoms with Crippen molar-refractivity contribution in [2.24, 2.45) is 16.7 Å². The summed E-state index contributed by atoms with van der Waals surface area (Å²) in [5.41, 5.74) is 0.307. The number of halogens is 1. The second-order valence-electron chi connectivity index (χ2n) is 5.68. The fourth-order valence-electron chi connectivity index (χ4n) is 3.12. The third-order valence-electron chi connectivity index (χ3n) is 4.89. The zero-order chi connectivity index (χ0) is 11.8. The van der Waals surface area contributed by atoms with Gasteiger partial charge >= 0.3 is 0 Å². The number of carbonyl (C=O) groups excluding carboxylic acids is 1. The minimum atomic E-state index is 0. The molecule has 2 aliphatic carbocycles. The Balaban J connectivity index is 0.000000205. The number of nitrogens with one attached hydrogen (secondary N) is 1. The first-order chi connectivity index (χ1) is 7.48. The molecule has 0 saturated heterocycles. The van der Waals surface area contributed by atoms with Crippen LogP contribution in [-0.4, -0.2) is 15.8 Å². The van der Waals surface area contributed by atoms with E-state index in [1.54, 1.807) is 18.7 Å². The molecular formula is C13H21IN2O. The number of H-pyrrole nitrogens is 1. The van der Waals surface area contributed by atoms with E-state index >= 15 is 0 Å². The van der Waals surface area contributed by atoms with Gasteiger partial charge in [0.15, 0.2) is 0 Å². The summed E-state index contributed by atoms with van der Waals surface area (Å²) in [5.74, 6) is 1.19. The van der Waals surface area contributed by atoms with Gasteiger partial charge in [-0.05, 0) is 24.2 Å². The van der Waals surface area contributed by atoms with Crippen molar-refractivity contribution in [3.8, 4) is 0 Å². The fourth-order valence-corrected chi connectivity index (χ4v) is 3.12. The summed E-state index contributed by atoms with van der Waals surface area (Å²) in [6.07, 6.45) is 8.34. The van der Waals surface area contributed by atoms with E-state index in [4.69, 9.17) is 0 Å². The zero-order valence-corrected chi connectivity index (χ0v) is 13.0. The summed E-state index contributed by atoms with van der Waals surface area (Å²) >= 11 is 0. The molecule has 1 N–H and O–H groups in total. The quantitative estimate of drug-likeness (QED) is 0.730. The number of ketones is 1. The van der Waals surface area contributed by atoms with Crippen LogP contribution in [0.4, 0.5) is 0 Å². The Morgan fingerprint density at radius 3 is 2.29 bits per heavy atom. The average Bonchev–Trinajstić information content (AvgIpc) is 2.88. The van der Waals surface area contributed by atoms with E-state index in [9.17, 15) is 4.79 Å². The van der Waals surface area contributed by atoms with Crippen LogP contribution >= 0.6 is 24.0 Å². The van der Waals surface area contributed by atoms with E-state index in [2.05, 4.69) is 30.7 Å². The van der Waals surface area contributed by atoms with Crippen molar-refractivity contribution in [2.45, 2.75) is 40.0 Å². The van der Waals surface area contributed by atoms with Crippen LogP contribution < -0.4 is 0 Å². The second-order valence-corrected chi connectivity index (χ2v) is 5.68. The lowest BCUT2D eigenvalue weighted by molar-refractivity contribution is -0.128. The number of aromatic nitrogens is 2. The molecule has 96 valence electrons. The molecule has 0 spiro atoms. The van der Waals surface area contributed by atoms with Crippen LogP contribution in [0.5, 0.6) is 0 Å². The zero-order valence-electron chi connectivity index (χ0n) is 10.7. The molecule has 1 aromatic rings. The summed E-state index contributed by atoms with van der Waals surface area (Å²) in [5, 5.41) is 0. The maximum absolute atomic E-state index is 11.6. The van der Waals surface area contributed by atoms with Crippen molar-refractivity contribution < 1.29 is 4.79 Å². The normalized spacial score (nSPS) is 32.6. The van der Waals surface area contributed by atoms with Crippen LogP contribution in [-0.2, 0) is 4.79 Å². The Hall–Kier alpha value is -0.390. The molecule has 3 nitrogen and oxygen atoms in total. The van der Waals surface area contributed by atoms with Crippen LogP contribution in [0, 0.1) is 16.7 Å². The minimum Gasteiger partial charge on any atom is -0.351 e. The summed E-state index contributed by atoms with van der Waals surface area (Å²) in [6.45, 7) is 6.67. The molecule has 2 atom stereocenters. The molecule has 2 aliphatic rings. The van der Waals surface area contributed by atoms with E-state index < -0.39 is 0 Å². The highest BCUT2D eigenvalue weighted by Gasteiger charge is 2.61. The van der Waals surface area contributed by atoms with Gasteiger partial charge in [0.2, 0.25) is 0 Å². The van der Waals surface area contributed by atoms with Crippen LogP contribution in [0.3, 0.4) is 0 Å². The molecule has 1 heterocycles. The monoisotopic (exact) mass is 348 g/mol. The molecule has 4 heteroatoms. The molecule has 0 aromatic carbocycles. The Morgan fingerprint density at radius 1 is 1.41 bits per heavy atom. The summed E-state index contributed by atoms with van der Waals surface area (Å²) in [4.78, 5) is 18.0. The number of nitrogens with zero attached hydrogens (tertiary/aromatic N) is 1. The van der Waals surface area contributed by atoms with E-state index in [0.29, 0.717) is 11.7 Å². The lowest BCUT2D eigenvalue weighted by Crippen LogP contribution is -2.32. The Morgan fingerprint density at radius 2 is 2.12 bits per heavy atom. The number of aromatic amines is 1. The second kappa shape index (κ2) is 5.08. The number of Topliss-reactive ketones (excluding diaryl/α,β-unsaturated/α-hetero) is 1. The van der Waals surface area contributed by atoms with Crippen LogP contribution in [0.1, 0.15) is 40.0 Å². The van der Waals surface area contributed by atoms with Gasteiger partial charge in [0.1, 0.15) is 5.78 Å². The highest BCUT2D eigenvalue weighted by molar-refractivity contribution is 14.0. The van der Waals surface area contributed by atoms with Gasteiger partial charge in [-0.3, -0.25) is 4.79 Å². The smallest absolute Gasteiger partial charge is 0.139 e. The van der Waals surface area contributed by atoms with E-state index in [1.165, 1.54) is 6.42 Å². The van der Waals surface area contributed by atoms with Gasteiger partial charge in [0.25, 0.3) is 0 Å². The van der Waals surface area contributed by atoms with Crippen molar-refractivity contribution in [3.05, 3.63) is 18.7 Å². The van der Waals surface area contributed by atoms with Crippen molar-refractivity contribution in [1.82, 2.24) is 9.97 Å². The predicted molar refractivity (Wildman–Crippen MR) is 78.2 cm³/mol. The first-order valence-electron chi connectivity index (χ1n) is 5.94. The highest BCUT2D eigenvalue weighted by Crippen LogP contribution is 2.63. The maximum Gasteiger partial charge on any atom is 0.139 e. The Kier molecular flexibility index (Phi) is 4.38. The molecular weight excluding hydrogens is 327 g/mol. The van der Waals surface area contributed by atoms with Gasteiger partial charge in [-0.1, -0.05) is 20.8 Å². The standard InChI is InChI=1S/C10H16O.C3H4N2.HI/c1-9(2)7-4-5-10(9,3)8(11)6-7;1-2-5-3-4-1;/h7H,4-6H2,1-3H3;1-3H,(H,4,5);1H. The predicted octanol–water partition coefficient (Wildman–Crippen LogP) is 3.43. The topological polar surface area (TPSA) is 45.8 Å². The lowest BCUT2D eigenvalue weighted by atomic mass is 9.70. The maximum atomic E-state index is 11.6. The van der Waals surface area contributed by atoms with E-state index in [-0.39, 0.29) is 34.8 Å². The van der Waals surface area contributed by atoms with Gasteiger partial charge in [0.05, 0.1) is 6.33 Å². The third kappa shape index (κ3) is 2.28. The molecule has 3 rings (SSSR count). The van der Waals surface area contributed by atoms with Crippen LogP contribution in [0.15, 0.2) is 18.7 Å². The van der Waals surface area contributed by atoms with E-state index in [1.807, 2.05) is 0 Å². The number of fused-ring (bicyclic) bond motifs is 2. The summed E-state index contributed by atoms with van der Waals surface area (Å²) < 4.78 is 0. The minimum absolute atomic E-state index is 0. The lowest BCUT2D eigenvalue weighted by Gasteiger charge is -2.32. The highest BCUT2D eigenvalue weighted by atomic mass is 127. The van der Waals surface area contributed by atoms with Gasteiger partial charge in [-0.25, -0.2) is 4.98 Å². The van der Waals surface area contributed by atoms with Gasteiger partial charge < -0.3 is 4.98 Å². The molecule has 2 bridgehead atoms. The molecule has 17 heavy (non-hydrogen) atoms. The van der Waals surface area contributed by atoms with Crippen LogP contribution in [0.2, 0.25) is 0 Å². The summed E-state index contributed by atoms with van der Waals surface area (Å²) in [7, 11) is 0. The van der Waals surface area contributed by atoms with Crippen molar-refractivity contribution in [2.75, 3.05) is 0 Å². The fraction of sp³-hybridized carbons (Fsp3) is 0.692. The van der Waals surface area contributed by atoms with Gasteiger partial charge in [-0.15, -0.1) is 24.0 Å². The number of imidazole rings is 1. The first kappa shape index (κ1) is 14.7. The number of rotatable bonds is 0. The molecule has 0 radical (unpaired) electrons. The molecule has 1 aromatic heterocycles. The molecule has 2 unspecified atom stereocenters. The van der Waals surface area contributed by atoms with Crippen LogP contribution in [0.25, 0.3) is 0 Å². The average molecular weight is 348 g/mol. The van der Waals surface area contributed by atoms with Gasteiger partial charge in [0, 0.05) is 24.2 Å².